The molecule has 0 aromatic carbocycles. The van der Waals surface area contributed by atoms with Crippen molar-refractivity contribution in [1.82, 2.24) is 14.6 Å². The molecule has 0 fully saturated rings. The van der Waals surface area contributed by atoms with Crippen molar-refractivity contribution >= 4 is 11.3 Å². The summed E-state index contributed by atoms with van der Waals surface area (Å²) in [5.41, 5.74) is 1.41. The molecule has 0 saturated heterocycles. The number of pyridine rings is 1. The average Bonchev–Trinajstić information content (AvgIpc) is 2.51. The predicted molar refractivity (Wildman–Crippen MR) is 44.4 cm³/mol. The minimum Gasteiger partial charge on any atom is -0.258 e. The Bertz CT molecular complexity index is 476. The van der Waals surface area contributed by atoms with Crippen LogP contribution in [0.4, 0.5) is 5.69 Å². The molecule has 0 aliphatic heterocycles. The molecule has 0 unspecified atom stereocenters. The van der Waals surface area contributed by atoms with Gasteiger partial charge in [-0.25, -0.2) is 9.50 Å². The van der Waals surface area contributed by atoms with Crippen LogP contribution in [0.25, 0.3) is 5.65 Å². The van der Waals surface area contributed by atoms with E-state index in [1.165, 1.54) is 23.1 Å². The standard InChI is InChI=1S/C7H6N4O2/c1-5-2-6(11(12)13)3-10-7(5)8-4-9-10/h2-4H,1H3. The normalized spacial score (nSPS) is 10.5. The first-order valence-corrected chi connectivity index (χ1v) is 3.63. The molecule has 2 aromatic heterocycles. The molecule has 0 amide bonds. The topological polar surface area (TPSA) is 73.3 Å². The van der Waals surface area contributed by atoms with Crippen molar-refractivity contribution in [3.8, 4) is 0 Å². The Morgan fingerprint density at radius 2 is 2.38 bits per heavy atom. The lowest BCUT2D eigenvalue weighted by Crippen LogP contribution is -1.95. The largest absolute Gasteiger partial charge is 0.288 e. The third kappa shape index (κ3) is 1.12. The lowest BCUT2D eigenvalue weighted by molar-refractivity contribution is -0.385. The van der Waals surface area contributed by atoms with Crippen LogP contribution in [-0.4, -0.2) is 19.5 Å². The van der Waals surface area contributed by atoms with Crippen molar-refractivity contribution in [2.45, 2.75) is 6.92 Å². The Labute approximate surface area is 73.0 Å². The summed E-state index contributed by atoms with van der Waals surface area (Å²) in [5, 5.41) is 14.3. The van der Waals surface area contributed by atoms with Crippen molar-refractivity contribution in [2.75, 3.05) is 0 Å². The molecule has 0 atom stereocenters. The molecular weight excluding hydrogens is 172 g/mol. The molecule has 0 aliphatic rings. The van der Waals surface area contributed by atoms with E-state index in [1.54, 1.807) is 6.92 Å². The van der Waals surface area contributed by atoms with Gasteiger partial charge in [0.2, 0.25) is 0 Å². The fraction of sp³-hybridized carbons (Fsp3) is 0.143. The monoisotopic (exact) mass is 178 g/mol. The summed E-state index contributed by atoms with van der Waals surface area (Å²) in [6.07, 6.45) is 2.71. The highest BCUT2D eigenvalue weighted by Gasteiger charge is 2.09. The molecule has 6 heteroatoms. The fourth-order valence-electron chi connectivity index (χ4n) is 1.18. The first-order chi connectivity index (χ1) is 6.18. The zero-order valence-corrected chi connectivity index (χ0v) is 6.84. The first-order valence-electron chi connectivity index (χ1n) is 3.63. The Morgan fingerprint density at radius 3 is 3.08 bits per heavy atom. The van der Waals surface area contributed by atoms with Gasteiger partial charge >= 0.3 is 0 Å². The molecule has 0 saturated carbocycles. The number of fused-ring (bicyclic) bond motifs is 1. The van der Waals surface area contributed by atoms with Gasteiger partial charge in [0.25, 0.3) is 5.69 Å². The molecule has 2 aromatic rings. The lowest BCUT2D eigenvalue weighted by atomic mass is 10.3. The van der Waals surface area contributed by atoms with E-state index in [2.05, 4.69) is 10.1 Å². The second kappa shape index (κ2) is 2.51. The van der Waals surface area contributed by atoms with Crippen molar-refractivity contribution in [2.24, 2.45) is 0 Å². The van der Waals surface area contributed by atoms with Crippen LogP contribution in [0.1, 0.15) is 5.56 Å². The first kappa shape index (κ1) is 7.66. The molecule has 0 N–H and O–H groups in total. The molecule has 2 heterocycles. The van der Waals surface area contributed by atoms with E-state index in [9.17, 15) is 10.1 Å². The van der Waals surface area contributed by atoms with Gasteiger partial charge in [0.15, 0.2) is 5.65 Å². The third-order valence-electron chi connectivity index (χ3n) is 1.76. The third-order valence-corrected chi connectivity index (χ3v) is 1.76. The van der Waals surface area contributed by atoms with Gasteiger partial charge in [-0.3, -0.25) is 10.1 Å². The molecule has 13 heavy (non-hydrogen) atoms. The van der Waals surface area contributed by atoms with Crippen LogP contribution in [0.2, 0.25) is 0 Å². The molecule has 0 bridgehead atoms. The van der Waals surface area contributed by atoms with Gasteiger partial charge in [-0.05, 0) is 6.92 Å². The SMILES string of the molecule is Cc1cc([N+](=O)[O-])cn2ncnc12. The Kier molecular flexibility index (Phi) is 1.48. The maximum Gasteiger partial charge on any atom is 0.288 e. The summed E-state index contributed by atoms with van der Waals surface area (Å²) in [6.45, 7) is 1.76. The van der Waals surface area contributed by atoms with Crippen LogP contribution in [-0.2, 0) is 0 Å². The fourth-order valence-corrected chi connectivity index (χ4v) is 1.18. The minimum absolute atomic E-state index is 0.0236. The highest BCUT2D eigenvalue weighted by atomic mass is 16.6. The van der Waals surface area contributed by atoms with Gasteiger partial charge in [0.05, 0.1) is 4.92 Å². The maximum absolute atomic E-state index is 10.5. The number of aromatic nitrogens is 3. The molecule has 0 aliphatic carbocycles. The van der Waals surface area contributed by atoms with E-state index >= 15 is 0 Å². The van der Waals surface area contributed by atoms with E-state index in [0.29, 0.717) is 5.65 Å². The summed E-state index contributed by atoms with van der Waals surface area (Å²) < 4.78 is 1.40. The molecular formula is C7H6N4O2. The number of aryl methyl sites for hydroxylation is 1. The summed E-state index contributed by atoms with van der Waals surface area (Å²) in [6, 6.07) is 1.48. The van der Waals surface area contributed by atoms with E-state index in [0.717, 1.165) is 5.56 Å². The van der Waals surface area contributed by atoms with Gasteiger partial charge in [-0.1, -0.05) is 0 Å². The summed E-state index contributed by atoms with van der Waals surface area (Å²) in [5.74, 6) is 0. The van der Waals surface area contributed by atoms with E-state index < -0.39 is 4.92 Å². The Hall–Kier alpha value is -1.98. The van der Waals surface area contributed by atoms with Crippen molar-refractivity contribution < 1.29 is 4.92 Å². The summed E-state index contributed by atoms with van der Waals surface area (Å²) in [4.78, 5) is 14.0. The second-order valence-electron chi connectivity index (χ2n) is 2.67. The zero-order chi connectivity index (χ0) is 9.42. The van der Waals surface area contributed by atoms with E-state index in [1.807, 2.05) is 0 Å². The van der Waals surface area contributed by atoms with Gasteiger partial charge in [0, 0.05) is 11.6 Å². The quantitative estimate of drug-likeness (QED) is 0.481. The van der Waals surface area contributed by atoms with Crippen LogP contribution in [0, 0.1) is 17.0 Å². The molecule has 66 valence electrons. The van der Waals surface area contributed by atoms with E-state index in [-0.39, 0.29) is 5.69 Å². The second-order valence-corrected chi connectivity index (χ2v) is 2.67. The number of nitrogens with zero attached hydrogens (tertiary/aromatic N) is 4. The van der Waals surface area contributed by atoms with Crippen LogP contribution < -0.4 is 0 Å². The summed E-state index contributed by atoms with van der Waals surface area (Å²) >= 11 is 0. The average molecular weight is 178 g/mol. The van der Waals surface area contributed by atoms with E-state index in [4.69, 9.17) is 0 Å². The smallest absolute Gasteiger partial charge is 0.258 e. The minimum atomic E-state index is -0.450. The molecule has 6 nitrogen and oxygen atoms in total. The highest BCUT2D eigenvalue weighted by Crippen LogP contribution is 2.15. The Balaban J connectivity index is 2.77. The zero-order valence-electron chi connectivity index (χ0n) is 6.84. The van der Waals surface area contributed by atoms with Crippen LogP contribution >= 0.6 is 0 Å². The molecule has 0 radical (unpaired) electrons. The number of hydrogen-bond donors (Lipinski definition) is 0. The molecule has 0 spiro atoms. The van der Waals surface area contributed by atoms with Gasteiger partial charge in [-0.15, -0.1) is 0 Å². The van der Waals surface area contributed by atoms with Gasteiger partial charge < -0.3 is 0 Å². The highest BCUT2D eigenvalue weighted by molar-refractivity contribution is 5.50. The molecule has 2 rings (SSSR count). The van der Waals surface area contributed by atoms with Crippen LogP contribution in [0.15, 0.2) is 18.6 Å². The number of hydrogen-bond acceptors (Lipinski definition) is 4. The number of nitro groups is 1. The van der Waals surface area contributed by atoms with Gasteiger partial charge in [-0.2, -0.15) is 5.10 Å². The number of rotatable bonds is 1. The Morgan fingerprint density at radius 1 is 1.62 bits per heavy atom. The van der Waals surface area contributed by atoms with Crippen molar-refractivity contribution in [3.05, 3.63) is 34.3 Å². The van der Waals surface area contributed by atoms with Crippen LogP contribution in [0.3, 0.4) is 0 Å². The van der Waals surface area contributed by atoms with Crippen LogP contribution in [0.5, 0.6) is 0 Å². The maximum atomic E-state index is 10.5. The predicted octanol–water partition coefficient (Wildman–Crippen LogP) is 0.946. The lowest BCUT2D eigenvalue weighted by Gasteiger charge is -1.96. The van der Waals surface area contributed by atoms with Crippen molar-refractivity contribution in [3.63, 3.8) is 0 Å². The van der Waals surface area contributed by atoms with Crippen molar-refractivity contribution in [1.29, 1.82) is 0 Å². The van der Waals surface area contributed by atoms with Gasteiger partial charge in [0.1, 0.15) is 12.5 Å². The summed E-state index contributed by atoms with van der Waals surface area (Å²) in [7, 11) is 0.